The quantitative estimate of drug-likeness (QED) is 0.845. The van der Waals surface area contributed by atoms with Gasteiger partial charge in [0.05, 0.1) is 0 Å². The molecule has 2 unspecified atom stereocenters. The summed E-state index contributed by atoms with van der Waals surface area (Å²) in [5.74, 6) is 2.35. The van der Waals surface area contributed by atoms with Gasteiger partial charge < -0.3 is 10.2 Å². The molecule has 2 atom stereocenters. The molecular weight excluding hydrogens is 236 g/mol. The Hall–Kier alpha value is -0.570. The molecule has 2 aliphatic carbocycles. The molecule has 0 aromatic rings. The number of amides is 1. The smallest absolute Gasteiger partial charge is 0.225 e. The van der Waals surface area contributed by atoms with E-state index in [0.29, 0.717) is 23.8 Å². The number of rotatable bonds is 4. The molecule has 2 saturated carbocycles. The van der Waals surface area contributed by atoms with Gasteiger partial charge in [0, 0.05) is 25.0 Å². The van der Waals surface area contributed by atoms with Crippen molar-refractivity contribution >= 4 is 5.91 Å². The molecule has 1 saturated heterocycles. The molecule has 1 N–H and O–H groups in total. The average molecular weight is 264 g/mol. The minimum absolute atomic E-state index is 0.330. The molecule has 3 nitrogen and oxygen atoms in total. The van der Waals surface area contributed by atoms with Crippen LogP contribution < -0.4 is 5.32 Å². The zero-order chi connectivity index (χ0) is 13.2. The lowest BCUT2D eigenvalue weighted by atomic mass is 9.95. The molecular formula is C16H28N2O. The van der Waals surface area contributed by atoms with E-state index in [-0.39, 0.29) is 0 Å². The van der Waals surface area contributed by atoms with E-state index in [9.17, 15) is 4.79 Å². The maximum atomic E-state index is 12.5. The van der Waals surface area contributed by atoms with Gasteiger partial charge in [-0.15, -0.1) is 0 Å². The van der Waals surface area contributed by atoms with E-state index < -0.39 is 0 Å². The maximum absolute atomic E-state index is 12.5. The summed E-state index contributed by atoms with van der Waals surface area (Å²) < 4.78 is 0. The van der Waals surface area contributed by atoms with Crippen molar-refractivity contribution in [3.63, 3.8) is 0 Å². The lowest BCUT2D eigenvalue weighted by Crippen LogP contribution is -2.47. The number of nitrogens with zero attached hydrogens (tertiary/aromatic N) is 1. The van der Waals surface area contributed by atoms with Crippen molar-refractivity contribution in [3.8, 4) is 0 Å². The van der Waals surface area contributed by atoms with E-state index in [1.54, 1.807) is 0 Å². The molecule has 0 radical (unpaired) electrons. The van der Waals surface area contributed by atoms with E-state index in [2.05, 4.69) is 17.1 Å². The summed E-state index contributed by atoms with van der Waals surface area (Å²) in [6.45, 7) is 5.41. The first-order valence-corrected chi connectivity index (χ1v) is 8.26. The van der Waals surface area contributed by atoms with Crippen LogP contribution in [0, 0.1) is 17.8 Å². The lowest BCUT2D eigenvalue weighted by Gasteiger charge is -2.34. The molecule has 0 aromatic heterocycles. The molecule has 3 heteroatoms. The maximum Gasteiger partial charge on any atom is 0.225 e. The Morgan fingerprint density at radius 2 is 1.84 bits per heavy atom. The van der Waals surface area contributed by atoms with Crippen molar-refractivity contribution < 1.29 is 4.79 Å². The molecule has 1 heterocycles. The van der Waals surface area contributed by atoms with Crippen LogP contribution >= 0.6 is 0 Å². The summed E-state index contributed by atoms with van der Waals surface area (Å²) in [7, 11) is 0. The average Bonchev–Trinajstić information content (AvgIpc) is 3.17. The zero-order valence-electron chi connectivity index (χ0n) is 12.2. The summed E-state index contributed by atoms with van der Waals surface area (Å²) in [5, 5.41) is 3.68. The fourth-order valence-corrected chi connectivity index (χ4v) is 3.71. The minimum Gasteiger partial charge on any atom is -0.342 e. The predicted octanol–water partition coefficient (Wildman–Crippen LogP) is 2.41. The first-order valence-electron chi connectivity index (χ1n) is 8.26. The van der Waals surface area contributed by atoms with Gasteiger partial charge in [0.1, 0.15) is 0 Å². The first-order chi connectivity index (χ1) is 9.24. The SMILES string of the molecule is CC1CCCC1C(=O)N1CCC(NCC2CC2)CC1. The molecule has 1 amide bonds. The van der Waals surface area contributed by atoms with Crippen LogP contribution in [-0.4, -0.2) is 36.5 Å². The van der Waals surface area contributed by atoms with Gasteiger partial charge in [-0.2, -0.15) is 0 Å². The second-order valence-electron chi connectivity index (χ2n) is 6.97. The molecule has 1 aliphatic heterocycles. The zero-order valence-corrected chi connectivity index (χ0v) is 12.2. The van der Waals surface area contributed by atoms with Crippen molar-refractivity contribution in [1.82, 2.24) is 10.2 Å². The van der Waals surface area contributed by atoms with Gasteiger partial charge >= 0.3 is 0 Å². The van der Waals surface area contributed by atoms with Crippen LogP contribution in [0.25, 0.3) is 0 Å². The van der Waals surface area contributed by atoms with E-state index in [4.69, 9.17) is 0 Å². The van der Waals surface area contributed by atoms with Crippen LogP contribution in [0.5, 0.6) is 0 Å². The summed E-state index contributed by atoms with van der Waals surface area (Å²) in [5.41, 5.74) is 0. The Morgan fingerprint density at radius 1 is 1.11 bits per heavy atom. The Kier molecular flexibility index (Phi) is 4.11. The van der Waals surface area contributed by atoms with Crippen molar-refractivity contribution in [2.24, 2.45) is 17.8 Å². The fraction of sp³-hybridized carbons (Fsp3) is 0.938. The highest BCUT2D eigenvalue weighted by atomic mass is 16.2. The predicted molar refractivity (Wildman–Crippen MR) is 76.8 cm³/mol. The molecule has 0 aromatic carbocycles. The Balaban J connectivity index is 1.42. The second-order valence-corrected chi connectivity index (χ2v) is 6.97. The Morgan fingerprint density at radius 3 is 2.42 bits per heavy atom. The molecule has 3 fully saturated rings. The number of hydrogen-bond donors (Lipinski definition) is 1. The van der Waals surface area contributed by atoms with Crippen LogP contribution in [-0.2, 0) is 4.79 Å². The van der Waals surface area contributed by atoms with Gasteiger partial charge in [0.2, 0.25) is 5.91 Å². The summed E-state index contributed by atoms with van der Waals surface area (Å²) in [4.78, 5) is 14.6. The molecule has 108 valence electrons. The van der Waals surface area contributed by atoms with Crippen LogP contribution in [0.15, 0.2) is 0 Å². The monoisotopic (exact) mass is 264 g/mol. The topological polar surface area (TPSA) is 32.3 Å². The minimum atomic E-state index is 0.330. The summed E-state index contributed by atoms with van der Waals surface area (Å²) in [6, 6.07) is 0.658. The largest absolute Gasteiger partial charge is 0.342 e. The second kappa shape index (κ2) is 5.82. The molecule has 3 rings (SSSR count). The van der Waals surface area contributed by atoms with Gasteiger partial charge in [-0.25, -0.2) is 0 Å². The highest BCUT2D eigenvalue weighted by Gasteiger charge is 2.34. The number of piperidine rings is 1. The molecule has 0 spiro atoms. The van der Waals surface area contributed by atoms with Gasteiger partial charge in [-0.3, -0.25) is 4.79 Å². The van der Waals surface area contributed by atoms with Crippen molar-refractivity contribution in [2.45, 2.75) is 57.9 Å². The van der Waals surface area contributed by atoms with Crippen LogP contribution in [0.2, 0.25) is 0 Å². The van der Waals surface area contributed by atoms with E-state index >= 15 is 0 Å². The van der Waals surface area contributed by atoms with Crippen molar-refractivity contribution in [2.75, 3.05) is 19.6 Å². The van der Waals surface area contributed by atoms with Gasteiger partial charge in [0.25, 0.3) is 0 Å². The highest BCUT2D eigenvalue weighted by Crippen LogP contribution is 2.33. The van der Waals surface area contributed by atoms with Gasteiger partial charge in [-0.1, -0.05) is 13.3 Å². The fourth-order valence-electron chi connectivity index (χ4n) is 3.71. The summed E-state index contributed by atoms with van der Waals surface area (Å²) in [6.07, 6.45) is 8.76. The molecule has 3 aliphatic rings. The normalized spacial score (nSPS) is 32.8. The van der Waals surface area contributed by atoms with Gasteiger partial charge in [-0.05, 0) is 56.9 Å². The van der Waals surface area contributed by atoms with Gasteiger partial charge in [0.15, 0.2) is 0 Å². The van der Waals surface area contributed by atoms with Crippen LogP contribution in [0.3, 0.4) is 0 Å². The lowest BCUT2D eigenvalue weighted by molar-refractivity contribution is -0.137. The third-order valence-electron chi connectivity index (χ3n) is 5.38. The number of carbonyl (C=O) groups excluding carboxylic acids is 1. The van der Waals surface area contributed by atoms with E-state index in [1.807, 2.05) is 0 Å². The third kappa shape index (κ3) is 3.31. The van der Waals surface area contributed by atoms with Crippen LogP contribution in [0.1, 0.15) is 51.9 Å². The Labute approximate surface area is 117 Å². The summed E-state index contributed by atoms with van der Waals surface area (Å²) >= 11 is 0. The Bertz CT molecular complexity index is 319. The number of carbonyl (C=O) groups is 1. The van der Waals surface area contributed by atoms with Crippen molar-refractivity contribution in [1.29, 1.82) is 0 Å². The standard InChI is InChI=1S/C16H28N2O/c1-12-3-2-4-15(12)16(19)18-9-7-14(8-10-18)17-11-13-5-6-13/h12-15,17H,2-11H2,1H3. The first kappa shape index (κ1) is 13.4. The number of nitrogens with one attached hydrogen (secondary N) is 1. The van der Waals surface area contributed by atoms with E-state index in [1.165, 1.54) is 32.2 Å². The number of likely N-dealkylation sites (tertiary alicyclic amines) is 1. The highest BCUT2D eigenvalue weighted by molar-refractivity contribution is 5.79. The molecule has 19 heavy (non-hydrogen) atoms. The van der Waals surface area contributed by atoms with Crippen LogP contribution in [0.4, 0.5) is 0 Å². The third-order valence-corrected chi connectivity index (χ3v) is 5.38. The molecule has 0 bridgehead atoms. The van der Waals surface area contributed by atoms with Crippen molar-refractivity contribution in [3.05, 3.63) is 0 Å². The number of hydrogen-bond acceptors (Lipinski definition) is 2. The van der Waals surface area contributed by atoms with E-state index in [0.717, 1.165) is 38.3 Å².